The molecule has 0 radical (unpaired) electrons. The molecule has 33 heavy (non-hydrogen) atoms. The van der Waals surface area contributed by atoms with E-state index in [-0.39, 0.29) is 28.1 Å². The van der Waals surface area contributed by atoms with Gasteiger partial charge in [0.1, 0.15) is 0 Å². The van der Waals surface area contributed by atoms with Crippen LogP contribution in [0.15, 0.2) is 83.8 Å². The van der Waals surface area contributed by atoms with Crippen molar-refractivity contribution in [1.29, 1.82) is 0 Å². The van der Waals surface area contributed by atoms with E-state index in [9.17, 15) is 18.0 Å². The van der Waals surface area contributed by atoms with Crippen LogP contribution in [0.1, 0.15) is 28.9 Å². The van der Waals surface area contributed by atoms with Crippen LogP contribution in [-0.2, 0) is 19.6 Å². The molecule has 1 atom stereocenters. The summed E-state index contributed by atoms with van der Waals surface area (Å²) in [6, 6.07) is 20.9. The molecule has 3 rings (SSSR count). The zero-order chi connectivity index (χ0) is 24.0. The second-order valence-electron chi connectivity index (χ2n) is 7.27. The van der Waals surface area contributed by atoms with Gasteiger partial charge in [-0.15, -0.1) is 0 Å². The maximum Gasteiger partial charge on any atom is 0.340 e. The SMILES string of the molecule is C[C@@H](c1ccccc1)N(C)C(=O)COC(=O)c1ccccc1NS(=O)(=O)c1ccc(Cl)cc1. The van der Waals surface area contributed by atoms with Gasteiger partial charge in [0.2, 0.25) is 0 Å². The number of hydrogen-bond donors (Lipinski definition) is 1. The lowest BCUT2D eigenvalue weighted by molar-refractivity contribution is -0.135. The van der Waals surface area contributed by atoms with Crippen molar-refractivity contribution < 1.29 is 22.7 Å². The first-order valence-corrected chi connectivity index (χ1v) is 11.9. The molecular formula is C24H23ClN2O5S. The summed E-state index contributed by atoms with van der Waals surface area (Å²) >= 11 is 5.82. The monoisotopic (exact) mass is 486 g/mol. The quantitative estimate of drug-likeness (QED) is 0.472. The van der Waals surface area contributed by atoms with Crippen molar-refractivity contribution in [3.63, 3.8) is 0 Å². The van der Waals surface area contributed by atoms with Crippen molar-refractivity contribution in [2.24, 2.45) is 0 Å². The molecule has 0 aliphatic rings. The Morgan fingerprint density at radius 3 is 2.24 bits per heavy atom. The van der Waals surface area contributed by atoms with Crippen LogP contribution in [0.25, 0.3) is 0 Å². The van der Waals surface area contributed by atoms with Gasteiger partial charge in [-0.3, -0.25) is 9.52 Å². The molecule has 0 fully saturated rings. The Balaban J connectivity index is 1.68. The van der Waals surface area contributed by atoms with Crippen LogP contribution in [0.2, 0.25) is 5.02 Å². The summed E-state index contributed by atoms with van der Waals surface area (Å²) in [7, 11) is -2.34. The minimum absolute atomic E-state index is 0.0122. The number of carbonyl (C=O) groups excluding carboxylic acids is 2. The first-order chi connectivity index (χ1) is 15.7. The zero-order valence-corrected chi connectivity index (χ0v) is 19.6. The number of halogens is 1. The number of likely N-dealkylation sites (N-methyl/N-ethyl adjacent to an activating group) is 1. The average Bonchev–Trinajstić information content (AvgIpc) is 2.82. The molecule has 9 heteroatoms. The van der Waals surface area contributed by atoms with Crippen molar-refractivity contribution in [1.82, 2.24) is 4.90 Å². The summed E-state index contributed by atoms with van der Waals surface area (Å²) in [6.07, 6.45) is 0. The van der Waals surface area contributed by atoms with Crippen LogP contribution in [-0.4, -0.2) is 38.8 Å². The normalized spacial score (nSPS) is 12.0. The van der Waals surface area contributed by atoms with E-state index < -0.39 is 22.6 Å². The Morgan fingerprint density at radius 2 is 1.58 bits per heavy atom. The fourth-order valence-electron chi connectivity index (χ4n) is 3.05. The molecule has 1 N–H and O–H groups in total. The predicted molar refractivity (Wildman–Crippen MR) is 127 cm³/mol. The van der Waals surface area contributed by atoms with Crippen LogP contribution < -0.4 is 4.72 Å². The van der Waals surface area contributed by atoms with Crippen LogP contribution >= 0.6 is 11.6 Å². The largest absolute Gasteiger partial charge is 0.452 e. The van der Waals surface area contributed by atoms with E-state index in [2.05, 4.69) is 4.72 Å². The number of sulfonamides is 1. The lowest BCUT2D eigenvalue weighted by atomic mass is 10.1. The van der Waals surface area contributed by atoms with Crippen molar-refractivity contribution >= 4 is 39.2 Å². The average molecular weight is 487 g/mol. The van der Waals surface area contributed by atoms with Gasteiger partial charge in [-0.1, -0.05) is 54.1 Å². The number of nitrogens with one attached hydrogen (secondary N) is 1. The van der Waals surface area contributed by atoms with Gasteiger partial charge in [0.05, 0.1) is 22.2 Å². The van der Waals surface area contributed by atoms with Gasteiger partial charge < -0.3 is 9.64 Å². The van der Waals surface area contributed by atoms with E-state index in [0.717, 1.165) is 5.56 Å². The molecule has 0 heterocycles. The molecular weight excluding hydrogens is 464 g/mol. The number of anilines is 1. The summed E-state index contributed by atoms with van der Waals surface area (Å²) < 4.78 is 32.9. The summed E-state index contributed by atoms with van der Waals surface area (Å²) in [5.74, 6) is -1.21. The summed E-state index contributed by atoms with van der Waals surface area (Å²) in [5.41, 5.74) is 0.971. The number of rotatable bonds is 8. The van der Waals surface area contributed by atoms with E-state index in [1.165, 1.54) is 41.3 Å². The minimum Gasteiger partial charge on any atom is -0.452 e. The Hall–Kier alpha value is -3.36. The van der Waals surface area contributed by atoms with E-state index in [1.54, 1.807) is 19.2 Å². The van der Waals surface area contributed by atoms with E-state index in [1.807, 2.05) is 37.3 Å². The zero-order valence-electron chi connectivity index (χ0n) is 18.1. The van der Waals surface area contributed by atoms with Crippen LogP contribution in [0, 0.1) is 0 Å². The molecule has 0 aliphatic carbocycles. The molecule has 0 saturated carbocycles. The number of benzene rings is 3. The van der Waals surface area contributed by atoms with Gasteiger partial charge in [0.25, 0.3) is 15.9 Å². The van der Waals surface area contributed by atoms with Crippen LogP contribution in [0.5, 0.6) is 0 Å². The van der Waals surface area contributed by atoms with Gasteiger partial charge in [-0.25, -0.2) is 13.2 Å². The number of hydrogen-bond acceptors (Lipinski definition) is 5. The van der Waals surface area contributed by atoms with E-state index >= 15 is 0 Å². The Kier molecular flexibility index (Phi) is 7.73. The van der Waals surface area contributed by atoms with E-state index in [0.29, 0.717) is 5.02 Å². The summed E-state index contributed by atoms with van der Waals surface area (Å²) in [6.45, 7) is 1.39. The molecule has 3 aromatic carbocycles. The number of esters is 1. The molecule has 0 unspecified atom stereocenters. The highest BCUT2D eigenvalue weighted by Crippen LogP contribution is 2.23. The molecule has 0 bridgehead atoms. The molecule has 7 nitrogen and oxygen atoms in total. The van der Waals surface area contributed by atoms with Crippen molar-refractivity contribution in [2.75, 3.05) is 18.4 Å². The molecule has 1 amide bonds. The highest BCUT2D eigenvalue weighted by Gasteiger charge is 2.22. The van der Waals surface area contributed by atoms with Crippen molar-refractivity contribution in [2.45, 2.75) is 17.9 Å². The standard InChI is InChI=1S/C24H23ClN2O5S/c1-17(18-8-4-3-5-9-18)27(2)23(28)16-32-24(29)21-10-6-7-11-22(21)26-33(30,31)20-14-12-19(25)13-15-20/h3-15,17,26H,16H2,1-2H3/t17-/m0/s1. The van der Waals surface area contributed by atoms with Gasteiger partial charge in [0, 0.05) is 12.1 Å². The first kappa shape index (κ1) is 24.3. The third-order valence-corrected chi connectivity index (χ3v) is 6.73. The molecule has 0 saturated heterocycles. The Morgan fingerprint density at radius 1 is 0.970 bits per heavy atom. The number of ether oxygens (including phenoxy) is 1. The van der Waals surface area contributed by atoms with Gasteiger partial charge in [0.15, 0.2) is 6.61 Å². The second kappa shape index (κ2) is 10.5. The van der Waals surface area contributed by atoms with Crippen molar-refractivity contribution in [3.8, 4) is 0 Å². The van der Waals surface area contributed by atoms with Crippen LogP contribution in [0.3, 0.4) is 0 Å². The number of carbonyl (C=O) groups is 2. The number of para-hydroxylation sites is 1. The van der Waals surface area contributed by atoms with Crippen LogP contribution in [0.4, 0.5) is 5.69 Å². The third kappa shape index (κ3) is 6.12. The highest BCUT2D eigenvalue weighted by molar-refractivity contribution is 7.92. The lowest BCUT2D eigenvalue weighted by Gasteiger charge is -2.25. The molecule has 0 aliphatic heterocycles. The fourth-order valence-corrected chi connectivity index (χ4v) is 4.25. The minimum atomic E-state index is -3.96. The summed E-state index contributed by atoms with van der Waals surface area (Å²) in [5, 5.41) is 0.397. The van der Waals surface area contributed by atoms with Gasteiger partial charge >= 0.3 is 5.97 Å². The summed E-state index contributed by atoms with van der Waals surface area (Å²) in [4.78, 5) is 26.7. The van der Waals surface area contributed by atoms with Gasteiger partial charge in [-0.2, -0.15) is 0 Å². The smallest absolute Gasteiger partial charge is 0.340 e. The maximum absolute atomic E-state index is 12.7. The molecule has 3 aromatic rings. The first-order valence-electron chi connectivity index (χ1n) is 10.0. The predicted octanol–water partition coefficient (Wildman–Crippen LogP) is 4.52. The lowest BCUT2D eigenvalue weighted by Crippen LogP contribution is -2.33. The van der Waals surface area contributed by atoms with E-state index in [4.69, 9.17) is 16.3 Å². The van der Waals surface area contributed by atoms with Crippen molar-refractivity contribution in [3.05, 3.63) is 95.0 Å². The molecule has 172 valence electrons. The molecule has 0 aromatic heterocycles. The maximum atomic E-state index is 12.7. The topological polar surface area (TPSA) is 92.8 Å². The fraction of sp³-hybridized carbons (Fsp3) is 0.167. The molecule has 0 spiro atoms. The Bertz CT molecular complexity index is 1230. The second-order valence-corrected chi connectivity index (χ2v) is 9.39. The number of amides is 1. The van der Waals surface area contributed by atoms with Gasteiger partial charge in [-0.05, 0) is 48.9 Å². The Labute approximate surface area is 198 Å². The highest BCUT2D eigenvalue weighted by atomic mass is 35.5. The number of nitrogens with zero attached hydrogens (tertiary/aromatic N) is 1. The third-order valence-electron chi connectivity index (χ3n) is 5.10.